The van der Waals surface area contributed by atoms with E-state index in [0.29, 0.717) is 6.54 Å². The van der Waals surface area contributed by atoms with E-state index in [2.05, 4.69) is 38.4 Å². The van der Waals surface area contributed by atoms with Crippen molar-refractivity contribution >= 4 is 11.6 Å². The first-order valence-corrected chi connectivity index (χ1v) is 9.65. The lowest BCUT2D eigenvalue weighted by Crippen LogP contribution is -2.47. The summed E-state index contributed by atoms with van der Waals surface area (Å²) in [5.74, 6) is 0.846. The Balaban J connectivity index is 1.67. The van der Waals surface area contributed by atoms with Gasteiger partial charge in [-0.25, -0.2) is 4.68 Å². The van der Waals surface area contributed by atoms with Gasteiger partial charge in [0.2, 0.25) is 0 Å². The van der Waals surface area contributed by atoms with Gasteiger partial charge in [0.15, 0.2) is 5.82 Å². The molecular formula is C18H25ClN6O. The number of tetrazole rings is 1. The van der Waals surface area contributed by atoms with Crippen molar-refractivity contribution < 1.29 is 4.74 Å². The second-order valence-electron chi connectivity index (χ2n) is 7.12. The molecule has 140 valence electrons. The minimum Gasteiger partial charge on any atom is -0.376 e. The van der Waals surface area contributed by atoms with Crippen molar-refractivity contribution in [3.63, 3.8) is 0 Å². The Morgan fingerprint density at radius 1 is 1.23 bits per heavy atom. The fourth-order valence-corrected chi connectivity index (χ4v) is 4.03. The molecule has 4 rings (SSSR count). The van der Waals surface area contributed by atoms with Crippen molar-refractivity contribution in [1.29, 1.82) is 0 Å². The summed E-state index contributed by atoms with van der Waals surface area (Å²) in [6, 6.07) is 7.96. The lowest BCUT2D eigenvalue weighted by molar-refractivity contribution is 0.0879. The van der Waals surface area contributed by atoms with E-state index in [1.165, 1.54) is 0 Å². The number of aromatic nitrogens is 4. The van der Waals surface area contributed by atoms with Crippen LogP contribution in [0.1, 0.15) is 30.3 Å². The van der Waals surface area contributed by atoms with Gasteiger partial charge in [-0.1, -0.05) is 29.8 Å². The van der Waals surface area contributed by atoms with Crippen LogP contribution in [0.3, 0.4) is 0 Å². The maximum atomic E-state index is 6.57. The lowest BCUT2D eigenvalue weighted by Gasteiger charge is -2.37. The van der Waals surface area contributed by atoms with Gasteiger partial charge in [0.05, 0.1) is 18.7 Å². The van der Waals surface area contributed by atoms with Crippen molar-refractivity contribution in [2.45, 2.75) is 31.5 Å². The molecule has 1 aromatic heterocycles. The third kappa shape index (κ3) is 3.76. The molecule has 2 saturated heterocycles. The van der Waals surface area contributed by atoms with Crippen LogP contribution in [0.4, 0.5) is 0 Å². The van der Waals surface area contributed by atoms with E-state index in [1.807, 2.05) is 22.9 Å². The van der Waals surface area contributed by atoms with Crippen LogP contribution in [0.5, 0.6) is 0 Å². The standard InChI is InChI=1S/C18H25ClN6O/c1-23-8-10-24(11-9-23)17(15-6-2-3-7-16(15)19)18-20-21-22-25(18)13-14-5-4-12-26-14/h2-3,6-7,14,17H,4-5,8-13H2,1H3/t14-,17-/m1/s1. The van der Waals surface area contributed by atoms with Gasteiger partial charge in [-0.05, 0) is 41.9 Å². The average Bonchev–Trinajstić information content (AvgIpc) is 3.31. The Kier molecular flexibility index (Phi) is 5.49. The molecule has 0 N–H and O–H groups in total. The van der Waals surface area contributed by atoms with E-state index >= 15 is 0 Å². The van der Waals surface area contributed by atoms with E-state index < -0.39 is 0 Å². The molecule has 0 saturated carbocycles. The Hall–Kier alpha value is -1.54. The SMILES string of the molecule is CN1CCN([C@H](c2ccccc2Cl)c2nnnn2C[C@H]2CCCO2)CC1. The zero-order valence-electron chi connectivity index (χ0n) is 15.1. The number of hydrogen-bond acceptors (Lipinski definition) is 6. The van der Waals surface area contributed by atoms with Gasteiger partial charge in [0.1, 0.15) is 0 Å². The van der Waals surface area contributed by atoms with Gasteiger partial charge >= 0.3 is 0 Å². The van der Waals surface area contributed by atoms with E-state index in [9.17, 15) is 0 Å². The first-order chi connectivity index (χ1) is 12.7. The highest BCUT2D eigenvalue weighted by Crippen LogP contribution is 2.33. The molecule has 2 aromatic rings. The fourth-order valence-electron chi connectivity index (χ4n) is 3.79. The van der Waals surface area contributed by atoms with Crippen LogP contribution in [0.15, 0.2) is 24.3 Å². The van der Waals surface area contributed by atoms with E-state index in [0.717, 1.165) is 62.0 Å². The molecule has 3 heterocycles. The van der Waals surface area contributed by atoms with Crippen molar-refractivity contribution in [2.75, 3.05) is 39.8 Å². The van der Waals surface area contributed by atoms with Crippen molar-refractivity contribution in [3.05, 3.63) is 40.7 Å². The molecule has 26 heavy (non-hydrogen) atoms. The highest BCUT2D eigenvalue weighted by atomic mass is 35.5. The predicted octanol–water partition coefficient (Wildman–Crippen LogP) is 1.84. The summed E-state index contributed by atoms with van der Waals surface area (Å²) in [5, 5.41) is 13.4. The average molecular weight is 377 g/mol. The highest BCUT2D eigenvalue weighted by molar-refractivity contribution is 6.31. The smallest absolute Gasteiger partial charge is 0.173 e. The van der Waals surface area contributed by atoms with E-state index in [-0.39, 0.29) is 12.1 Å². The number of hydrogen-bond donors (Lipinski definition) is 0. The number of likely N-dealkylation sites (N-methyl/N-ethyl adjacent to an activating group) is 1. The van der Waals surface area contributed by atoms with Gasteiger partial charge < -0.3 is 9.64 Å². The topological polar surface area (TPSA) is 59.3 Å². The zero-order chi connectivity index (χ0) is 17.9. The minimum atomic E-state index is -0.0474. The van der Waals surface area contributed by atoms with Crippen molar-refractivity contribution in [3.8, 4) is 0 Å². The molecule has 7 nitrogen and oxygen atoms in total. The number of rotatable bonds is 5. The van der Waals surface area contributed by atoms with Gasteiger partial charge in [-0.3, -0.25) is 4.90 Å². The number of piperazine rings is 1. The molecule has 1 aromatic carbocycles. The molecular weight excluding hydrogens is 352 g/mol. The maximum Gasteiger partial charge on any atom is 0.173 e. The maximum absolute atomic E-state index is 6.57. The van der Waals surface area contributed by atoms with E-state index in [1.54, 1.807) is 0 Å². The summed E-state index contributed by atoms with van der Waals surface area (Å²) < 4.78 is 7.69. The summed E-state index contributed by atoms with van der Waals surface area (Å²) in [7, 11) is 2.16. The predicted molar refractivity (Wildman–Crippen MR) is 99.2 cm³/mol. The molecule has 8 heteroatoms. The number of halogens is 1. The Bertz CT molecular complexity index is 724. The fraction of sp³-hybridized carbons (Fsp3) is 0.611. The van der Waals surface area contributed by atoms with Gasteiger partial charge in [-0.2, -0.15) is 0 Å². The first-order valence-electron chi connectivity index (χ1n) is 9.27. The van der Waals surface area contributed by atoms with Crippen LogP contribution in [0.25, 0.3) is 0 Å². The molecule has 0 radical (unpaired) electrons. The summed E-state index contributed by atoms with van der Waals surface area (Å²) in [6.07, 6.45) is 2.36. The van der Waals surface area contributed by atoms with E-state index in [4.69, 9.17) is 16.3 Å². The van der Waals surface area contributed by atoms with Gasteiger partial charge in [-0.15, -0.1) is 5.10 Å². The molecule has 2 atom stereocenters. The summed E-state index contributed by atoms with van der Waals surface area (Å²) in [5.41, 5.74) is 1.06. The quantitative estimate of drug-likeness (QED) is 0.793. The second-order valence-corrected chi connectivity index (χ2v) is 7.52. The molecule has 0 unspecified atom stereocenters. The molecule has 0 aliphatic carbocycles. The zero-order valence-corrected chi connectivity index (χ0v) is 15.8. The van der Waals surface area contributed by atoms with Crippen LogP contribution in [-0.2, 0) is 11.3 Å². The first kappa shape index (κ1) is 17.9. The molecule has 2 fully saturated rings. The summed E-state index contributed by atoms with van der Waals surface area (Å²) >= 11 is 6.57. The number of ether oxygens (including phenoxy) is 1. The van der Waals surface area contributed by atoms with Crippen LogP contribution >= 0.6 is 11.6 Å². The Labute approximate surface area is 158 Å². The van der Waals surface area contributed by atoms with Crippen LogP contribution < -0.4 is 0 Å². The minimum absolute atomic E-state index is 0.0474. The Morgan fingerprint density at radius 3 is 2.77 bits per heavy atom. The number of nitrogens with zero attached hydrogens (tertiary/aromatic N) is 6. The normalized spacial score (nSPS) is 23.4. The van der Waals surface area contributed by atoms with Gasteiger partial charge in [0, 0.05) is 37.8 Å². The molecule has 0 bridgehead atoms. The monoisotopic (exact) mass is 376 g/mol. The van der Waals surface area contributed by atoms with Crippen LogP contribution in [0.2, 0.25) is 5.02 Å². The molecule has 2 aliphatic heterocycles. The number of benzene rings is 1. The third-order valence-corrected chi connectivity index (χ3v) is 5.65. The van der Waals surface area contributed by atoms with Crippen molar-refractivity contribution in [1.82, 2.24) is 30.0 Å². The summed E-state index contributed by atoms with van der Waals surface area (Å²) in [4.78, 5) is 4.77. The third-order valence-electron chi connectivity index (χ3n) is 5.31. The molecule has 0 spiro atoms. The largest absolute Gasteiger partial charge is 0.376 e. The van der Waals surface area contributed by atoms with Crippen LogP contribution in [-0.4, -0.2) is 75.9 Å². The highest BCUT2D eigenvalue weighted by Gasteiger charge is 2.32. The Morgan fingerprint density at radius 2 is 2.04 bits per heavy atom. The lowest BCUT2D eigenvalue weighted by atomic mass is 10.0. The van der Waals surface area contributed by atoms with Gasteiger partial charge in [0.25, 0.3) is 0 Å². The second kappa shape index (κ2) is 8.00. The molecule has 0 amide bonds. The van der Waals surface area contributed by atoms with Crippen molar-refractivity contribution in [2.24, 2.45) is 0 Å². The molecule has 2 aliphatic rings. The van der Waals surface area contributed by atoms with Crippen LogP contribution in [0, 0.1) is 0 Å². The summed E-state index contributed by atoms with van der Waals surface area (Å²) in [6.45, 7) is 5.48.